The first kappa shape index (κ1) is 14.7. The first-order valence-corrected chi connectivity index (χ1v) is 7.76. The van der Waals surface area contributed by atoms with Crippen LogP contribution in [-0.2, 0) is 14.3 Å². The molecule has 0 aliphatic carbocycles. The largest absolute Gasteiger partial charge is 0.381 e. The highest BCUT2D eigenvalue weighted by Gasteiger charge is 2.42. The Bertz CT molecular complexity index is 477. The van der Waals surface area contributed by atoms with E-state index in [0.29, 0.717) is 6.61 Å². The number of nitrogens with two attached hydrogens (primary N) is 1. The SMILES string of the molecule is NC(C(=O)C1CCOC2(CCOCC2)C1)c1ccccc1. The molecule has 2 saturated heterocycles. The molecule has 1 aromatic carbocycles. The lowest BCUT2D eigenvalue weighted by Crippen LogP contribution is -2.47. The van der Waals surface area contributed by atoms with Gasteiger partial charge in [-0.05, 0) is 31.2 Å². The van der Waals surface area contributed by atoms with Crippen LogP contribution in [0.5, 0.6) is 0 Å². The molecular weight excluding hydrogens is 266 g/mol. The summed E-state index contributed by atoms with van der Waals surface area (Å²) >= 11 is 0. The van der Waals surface area contributed by atoms with Crippen LogP contribution in [0.2, 0.25) is 0 Å². The van der Waals surface area contributed by atoms with Gasteiger partial charge in [-0.2, -0.15) is 0 Å². The summed E-state index contributed by atoms with van der Waals surface area (Å²) in [7, 11) is 0. The molecule has 0 saturated carbocycles. The van der Waals surface area contributed by atoms with Crippen molar-refractivity contribution in [2.75, 3.05) is 19.8 Å². The van der Waals surface area contributed by atoms with Crippen LogP contribution in [0.25, 0.3) is 0 Å². The minimum Gasteiger partial charge on any atom is -0.381 e. The van der Waals surface area contributed by atoms with Gasteiger partial charge in [-0.15, -0.1) is 0 Å². The van der Waals surface area contributed by atoms with Gasteiger partial charge in [0.15, 0.2) is 5.78 Å². The number of ketones is 1. The highest BCUT2D eigenvalue weighted by atomic mass is 16.5. The van der Waals surface area contributed by atoms with Gasteiger partial charge < -0.3 is 15.2 Å². The van der Waals surface area contributed by atoms with Crippen molar-refractivity contribution in [3.8, 4) is 0 Å². The second-order valence-electron chi connectivity index (χ2n) is 6.12. The maximum atomic E-state index is 12.7. The van der Waals surface area contributed by atoms with Crippen molar-refractivity contribution in [1.29, 1.82) is 0 Å². The highest BCUT2D eigenvalue weighted by Crippen LogP contribution is 2.38. The summed E-state index contributed by atoms with van der Waals surface area (Å²) in [6.45, 7) is 2.11. The van der Waals surface area contributed by atoms with Crippen LogP contribution >= 0.6 is 0 Å². The predicted molar refractivity (Wildman–Crippen MR) is 79.8 cm³/mol. The van der Waals surface area contributed by atoms with Crippen LogP contribution in [-0.4, -0.2) is 31.2 Å². The molecule has 4 nitrogen and oxygen atoms in total. The molecule has 0 bridgehead atoms. The molecule has 2 fully saturated rings. The summed E-state index contributed by atoms with van der Waals surface area (Å²) in [4.78, 5) is 12.7. The van der Waals surface area contributed by atoms with Gasteiger partial charge in [0.2, 0.25) is 0 Å². The molecule has 0 radical (unpaired) electrons. The van der Waals surface area contributed by atoms with Crippen LogP contribution in [0.15, 0.2) is 30.3 Å². The predicted octanol–water partition coefficient (Wildman–Crippen LogP) is 2.23. The third-order valence-electron chi connectivity index (χ3n) is 4.76. The second-order valence-corrected chi connectivity index (χ2v) is 6.12. The molecule has 2 aliphatic heterocycles. The summed E-state index contributed by atoms with van der Waals surface area (Å²) in [6, 6.07) is 9.11. The summed E-state index contributed by atoms with van der Waals surface area (Å²) in [5.41, 5.74) is 6.91. The number of rotatable bonds is 3. The first-order chi connectivity index (χ1) is 10.2. The van der Waals surface area contributed by atoms with Gasteiger partial charge >= 0.3 is 0 Å². The van der Waals surface area contributed by atoms with Crippen LogP contribution in [0.3, 0.4) is 0 Å². The summed E-state index contributed by atoms with van der Waals surface area (Å²) < 4.78 is 11.4. The zero-order valence-electron chi connectivity index (χ0n) is 12.3. The van der Waals surface area contributed by atoms with E-state index in [1.165, 1.54) is 0 Å². The minimum absolute atomic E-state index is 0.00653. The van der Waals surface area contributed by atoms with Crippen LogP contribution in [0.4, 0.5) is 0 Å². The van der Waals surface area contributed by atoms with Gasteiger partial charge in [0.1, 0.15) is 0 Å². The first-order valence-electron chi connectivity index (χ1n) is 7.76. The molecule has 2 unspecified atom stereocenters. The minimum atomic E-state index is -0.522. The van der Waals surface area contributed by atoms with Gasteiger partial charge in [-0.3, -0.25) is 4.79 Å². The van der Waals surface area contributed by atoms with E-state index in [0.717, 1.165) is 44.5 Å². The molecule has 114 valence electrons. The van der Waals surface area contributed by atoms with Crippen LogP contribution < -0.4 is 5.73 Å². The van der Waals surface area contributed by atoms with E-state index < -0.39 is 6.04 Å². The third kappa shape index (κ3) is 3.18. The molecule has 1 aromatic rings. The third-order valence-corrected chi connectivity index (χ3v) is 4.76. The number of benzene rings is 1. The summed E-state index contributed by atoms with van der Waals surface area (Å²) in [5.74, 6) is 0.155. The number of carbonyl (C=O) groups is 1. The molecule has 0 amide bonds. The number of hydrogen-bond donors (Lipinski definition) is 1. The molecule has 4 heteroatoms. The molecule has 2 atom stereocenters. The van der Waals surface area contributed by atoms with Crippen LogP contribution in [0.1, 0.15) is 37.3 Å². The van der Waals surface area contributed by atoms with E-state index in [9.17, 15) is 4.79 Å². The average Bonchev–Trinajstić information content (AvgIpc) is 2.55. The van der Waals surface area contributed by atoms with Crippen molar-refractivity contribution < 1.29 is 14.3 Å². The van der Waals surface area contributed by atoms with E-state index in [2.05, 4.69) is 0 Å². The van der Waals surface area contributed by atoms with Crippen molar-refractivity contribution in [1.82, 2.24) is 0 Å². The smallest absolute Gasteiger partial charge is 0.157 e. The Balaban J connectivity index is 1.69. The van der Waals surface area contributed by atoms with Gasteiger partial charge in [-0.25, -0.2) is 0 Å². The van der Waals surface area contributed by atoms with Crippen LogP contribution in [0, 0.1) is 5.92 Å². The maximum Gasteiger partial charge on any atom is 0.157 e. The number of Topliss-reactive ketones (excluding diaryl/α,β-unsaturated/α-hetero) is 1. The molecular formula is C17H23NO3. The van der Waals surface area contributed by atoms with E-state index in [1.54, 1.807) is 0 Å². The quantitative estimate of drug-likeness (QED) is 0.927. The Kier molecular flexibility index (Phi) is 4.38. The Labute approximate surface area is 125 Å². The van der Waals surface area contributed by atoms with E-state index in [-0.39, 0.29) is 17.3 Å². The topological polar surface area (TPSA) is 61.6 Å². The molecule has 1 spiro atoms. The standard InChI is InChI=1S/C17H23NO3/c18-15(13-4-2-1-3-5-13)16(19)14-6-9-21-17(12-14)7-10-20-11-8-17/h1-5,14-15H,6-12,18H2. The summed E-state index contributed by atoms with van der Waals surface area (Å²) in [5, 5.41) is 0. The van der Waals surface area contributed by atoms with E-state index in [4.69, 9.17) is 15.2 Å². The molecule has 2 aliphatic rings. The fourth-order valence-electron chi connectivity index (χ4n) is 3.44. The highest BCUT2D eigenvalue weighted by molar-refractivity contribution is 5.87. The zero-order valence-corrected chi connectivity index (χ0v) is 12.3. The Morgan fingerprint density at radius 3 is 2.62 bits per heavy atom. The van der Waals surface area contributed by atoms with Crippen molar-refractivity contribution in [2.24, 2.45) is 11.7 Å². The number of ether oxygens (including phenoxy) is 2. The van der Waals surface area contributed by atoms with Crippen molar-refractivity contribution in [2.45, 2.75) is 37.3 Å². The lowest BCUT2D eigenvalue weighted by molar-refractivity contribution is -0.157. The zero-order chi connectivity index (χ0) is 14.7. The second kappa shape index (κ2) is 6.26. The van der Waals surface area contributed by atoms with Crippen molar-refractivity contribution in [3.05, 3.63) is 35.9 Å². The molecule has 2 N–H and O–H groups in total. The summed E-state index contributed by atoms with van der Waals surface area (Å²) in [6.07, 6.45) is 3.34. The molecule has 0 aromatic heterocycles. The van der Waals surface area contributed by atoms with Gasteiger partial charge in [0.05, 0.1) is 11.6 Å². The van der Waals surface area contributed by atoms with Gasteiger partial charge in [0.25, 0.3) is 0 Å². The fourth-order valence-corrected chi connectivity index (χ4v) is 3.44. The Morgan fingerprint density at radius 2 is 1.90 bits per heavy atom. The Morgan fingerprint density at radius 1 is 1.19 bits per heavy atom. The lowest BCUT2D eigenvalue weighted by atomic mass is 9.77. The lowest BCUT2D eigenvalue weighted by Gasteiger charge is -2.43. The Hall–Kier alpha value is -1.23. The fraction of sp³-hybridized carbons (Fsp3) is 0.588. The molecule has 3 rings (SSSR count). The number of carbonyl (C=O) groups excluding carboxylic acids is 1. The van der Waals surface area contributed by atoms with Crippen molar-refractivity contribution in [3.63, 3.8) is 0 Å². The maximum absolute atomic E-state index is 12.7. The normalized spacial score (nSPS) is 26.4. The van der Waals surface area contributed by atoms with Gasteiger partial charge in [-0.1, -0.05) is 30.3 Å². The number of hydrogen-bond acceptors (Lipinski definition) is 4. The average molecular weight is 289 g/mol. The monoisotopic (exact) mass is 289 g/mol. The molecule has 21 heavy (non-hydrogen) atoms. The van der Waals surface area contributed by atoms with Gasteiger partial charge in [0, 0.05) is 25.7 Å². The van der Waals surface area contributed by atoms with Crippen molar-refractivity contribution >= 4 is 5.78 Å². The van der Waals surface area contributed by atoms with E-state index >= 15 is 0 Å². The van der Waals surface area contributed by atoms with E-state index in [1.807, 2.05) is 30.3 Å². The molecule has 2 heterocycles.